The molecular formula is C19H23N3O4S. The van der Waals surface area contributed by atoms with Crippen LogP contribution in [0.4, 0.5) is 10.8 Å². The van der Waals surface area contributed by atoms with Crippen molar-refractivity contribution in [1.29, 1.82) is 0 Å². The quantitative estimate of drug-likeness (QED) is 0.610. The molecule has 3 rings (SSSR count). The molecule has 7 nitrogen and oxygen atoms in total. The lowest BCUT2D eigenvalue weighted by atomic mass is 9.73. The van der Waals surface area contributed by atoms with Crippen LogP contribution in [0.3, 0.4) is 0 Å². The summed E-state index contributed by atoms with van der Waals surface area (Å²) in [6.45, 7) is 6.46. The molecule has 1 aliphatic rings. The van der Waals surface area contributed by atoms with Crippen molar-refractivity contribution in [2.45, 2.75) is 40.0 Å². The van der Waals surface area contributed by atoms with Crippen molar-refractivity contribution in [3.8, 4) is 5.75 Å². The van der Waals surface area contributed by atoms with E-state index in [-0.39, 0.29) is 29.4 Å². The molecule has 0 aliphatic heterocycles. The number of anilines is 1. The summed E-state index contributed by atoms with van der Waals surface area (Å²) in [6, 6.07) is 5.99. The summed E-state index contributed by atoms with van der Waals surface area (Å²) >= 11 is 1.51. The molecule has 0 unspecified atom stereocenters. The van der Waals surface area contributed by atoms with Crippen molar-refractivity contribution >= 4 is 28.1 Å². The van der Waals surface area contributed by atoms with Crippen LogP contribution in [0.5, 0.6) is 5.75 Å². The number of carbonyl (C=O) groups is 1. The number of thiazole rings is 1. The first-order valence-electron chi connectivity index (χ1n) is 8.88. The van der Waals surface area contributed by atoms with Crippen LogP contribution >= 0.6 is 11.3 Å². The minimum absolute atomic E-state index is 0.0732. The number of nitrogens with one attached hydrogen (secondary N) is 1. The third-order valence-corrected chi connectivity index (χ3v) is 5.87. The molecule has 0 spiro atoms. The number of nitro benzene ring substituents is 1. The molecule has 1 amide bonds. The van der Waals surface area contributed by atoms with E-state index < -0.39 is 4.92 Å². The number of rotatable bonds is 5. The molecule has 1 aromatic heterocycles. The first-order chi connectivity index (χ1) is 12.7. The lowest BCUT2D eigenvalue weighted by molar-refractivity contribution is -0.385. The Bertz CT molecular complexity index is 857. The second-order valence-corrected chi connectivity index (χ2v) is 8.84. The Kier molecular flexibility index (Phi) is 5.46. The molecule has 0 radical (unpaired) electrons. The van der Waals surface area contributed by atoms with Gasteiger partial charge < -0.3 is 4.74 Å². The van der Waals surface area contributed by atoms with E-state index in [1.54, 1.807) is 12.1 Å². The van der Waals surface area contributed by atoms with Crippen LogP contribution < -0.4 is 10.1 Å². The molecule has 144 valence electrons. The summed E-state index contributed by atoms with van der Waals surface area (Å²) in [5, 5.41) is 14.3. The minimum Gasteiger partial charge on any atom is -0.477 e. The summed E-state index contributed by atoms with van der Waals surface area (Å²) in [6.07, 6.45) is 3.02. The van der Waals surface area contributed by atoms with Gasteiger partial charge in [-0.25, -0.2) is 4.98 Å². The van der Waals surface area contributed by atoms with Crippen LogP contribution in [-0.4, -0.2) is 22.4 Å². The maximum Gasteiger partial charge on any atom is 0.310 e. The number of ether oxygens (including phenoxy) is 1. The summed E-state index contributed by atoms with van der Waals surface area (Å²) in [5.74, 6) is 0.298. The summed E-state index contributed by atoms with van der Waals surface area (Å²) in [7, 11) is 0. The van der Waals surface area contributed by atoms with E-state index in [2.05, 4.69) is 31.1 Å². The normalized spacial score (nSPS) is 16.5. The van der Waals surface area contributed by atoms with E-state index in [1.165, 1.54) is 28.3 Å². The highest BCUT2D eigenvalue weighted by atomic mass is 32.1. The van der Waals surface area contributed by atoms with Crippen LogP contribution in [-0.2, 0) is 17.6 Å². The van der Waals surface area contributed by atoms with Crippen LogP contribution in [0.25, 0.3) is 0 Å². The number of aryl methyl sites for hydroxylation is 1. The van der Waals surface area contributed by atoms with Crippen LogP contribution in [0.15, 0.2) is 24.3 Å². The number of aromatic nitrogens is 1. The summed E-state index contributed by atoms with van der Waals surface area (Å²) < 4.78 is 5.32. The van der Waals surface area contributed by atoms with Gasteiger partial charge in [0.2, 0.25) is 0 Å². The highest BCUT2D eigenvalue weighted by Crippen LogP contribution is 2.40. The molecule has 1 aliphatic carbocycles. The molecule has 1 aromatic carbocycles. The van der Waals surface area contributed by atoms with Gasteiger partial charge in [-0.05, 0) is 36.7 Å². The Morgan fingerprint density at radius 3 is 2.85 bits per heavy atom. The van der Waals surface area contributed by atoms with Gasteiger partial charge in [-0.1, -0.05) is 32.9 Å². The van der Waals surface area contributed by atoms with E-state index in [1.807, 2.05) is 0 Å². The first kappa shape index (κ1) is 19.3. The highest BCUT2D eigenvalue weighted by Gasteiger charge is 2.30. The number of nitrogens with zero attached hydrogens (tertiary/aromatic N) is 2. The fraction of sp³-hybridized carbons (Fsp3) is 0.474. The number of carbonyl (C=O) groups excluding carboxylic acids is 1. The second kappa shape index (κ2) is 7.64. The molecule has 0 bridgehead atoms. The predicted molar refractivity (Wildman–Crippen MR) is 104 cm³/mol. The fourth-order valence-corrected chi connectivity index (χ4v) is 4.30. The van der Waals surface area contributed by atoms with Gasteiger partial charge in [0.1, 0.15) is 0 Å². The number of amides is 1. The number of benzene rings is 1. The fourth-order valence-electron chi connectivity index (χ4n) is 3.20. The third kappa shape index (κ3) is 4.63. The van der Waals surface area contributed by atoms with Crippen molar-refractivity contribution in [2.24, 2.45) is 11.3 Å². The zero-order valence-corrected chi connectivity index (χ0v) is 16.5. The molecule has 0 saturated carbocycles. The van der Waals surface area contributed by atoms with Crippen molar-refractivity contribution < 1.29 is 14.5 Å². The Morgan fingerprint density at radius 2 is 2.15 bits per heavy atom. The molecule has 2 aromatic rings. The second-order valence-electron chi connectivity index (χ2n) is 7.76. The van der Waals surface area contributed by atoms with E-state index in [0.717, 1.165) is 25.0 Å². The van der Waals surface area contributed by atoms with Crippen molar-refractivity contribution in [3.05, 3.63) is 45.0 Å². The number of para-hydroxylation sites is 2. The van der Waals surface area contributed by atoms with Gasteiger partial charge in [0.15, 0.2) is 17.5 Å². The number of fused-ring (bicyclic) bond motifs is 1. The Morgan fingerprint density at radius 1 is 1.41 bits per heavy atom. The Hall–Kier alpha value is -2.48. The summed E-state index contributed by atoms with van der Waals surface area (Å²) in [4.78, 5) is 28.4. The Labute approximate surface area is 161 Å². The molecule has 1 N–H and O–H groups in total. The van der Waals surface area contributed by atoms with Gasteiger partial charge in [-0.3, -0.25) is 20.2 Å². The highest BCUT2D eigenvalue weighted by molar-refractivity contribution is 7.15. The van der Waals surface area contributed by atoms with E-state index in [9.17, 15) is 14.9 Å². The zero-order valence-electron chi connectivity index (χ0n) is 15.7. The smallest absolute Gasteiger partial charge is 0.310 e. The van der Waals surface area contributed by atoms with Crippen molar-refractivity contribution in [3.63, 3.8) is 0 Å². The van der Waals surface area contributed by atoms with Gasteiger partial charge >= 0.3 is 5.69 Å². The standard InChI is InChI=1S/C19H23N3O4S/c1-19(2,3)12-8-9-13-16(10-12)27-18(20-13)21-17(23)11-26-15-7-5-4-6-14(15)22(24)25/h4-7,12H,8-11H2,1-3H3,(H,20,21,23)/t12-/m0/s1. The van der Waals surface area contributed by atoms with E-state index >= 15 is 0 Å². The van der Waals surface area contributed by atoms with Gasteiger partial charge in [-0.15, -0.1) is 11.3 Å². The van der Waals surface area contributed by atoms with Crippen LogP contribution in [0.1, 0.15) is 37.8 Å². The maximum atomic E-state index is 12.2. The molecule has 1 atom stereocenters. The third-order valence-electron chi connectivity index (χ3n) is 4.83. The average molecular weight is 389 g/mol. The summed E-state index contributed by atoms with van der Waals surface area (Å²) in [5.41, 5.74) is 1.15. The minimum atomic E-state index is -0.534. The predicted octanol–water partition coefficient (Wildman–Crippen LogP) is 4.22. The van der Waals surface area contributed by atoms with Gasteiger partial charge in [0.25, 0.3) is 5.91 Å². The zero-order chi connectivity index (χ0) is 19.6. The Balaban J connectivity index is 1.60. The van der Waals surface area contributed by atoms with E-state index in [0.29, 0.717) is 11.0 Å². The van der Waals surface area contributed by atoms with Gasteiger partial charge in [0.05, 0.1) is 10.6 Å². The number of nitro groups is 1. The van der Waals surface area contributed by atoms with Crippen LogP contribution in [0.2, 0.25) is 0 Å². The lowest BCUT2D eigenvalue weighted by Gasteiger charge is -2.33. The molecule has 27 heavy (non-hydrogen) atoms. The van der Waals surface area contributed by atoms with Crippen molar-refractivity contribution in [2.75, 3.05) is 11.9 Å². The first-order valence-corrected chi connectivity index (χ1v) is 9.70. The molecular weight excluding hydrogens is 366 g/mol. The van der Waals surface area contributed by atoms with Crippen LogP contribution in [0, 0.1) is 21.4 Å². The molecule has 0 fully saturated rings. The van der Waals surface area contributed by atoms with Gasteiger partial charge in [-0.2, -0.15) is 0 Å². The largest absolute Gasteiger partial charge is 0.477 e. The molecule has 1 heterocycles. The number of hydrogen-bond donors (Lipinski definition) is 1. The molecule has 8 heteroatoms. The van der Waals surface area contributed by atoms with Crippen molar-refractivity contribution in [1.82, 2.24) is 4.98 Å². The number of hydrogen-bond acceptors (Lipinski definition) is 6. The SMILES string of the molecule is CC(C)(C)[C@H]1CCc2nc(NC(=O)COc3ccccc3[N+](=O)[O-])sc2C1. The topological polar surface area (TPSA) is 94.4 Å². The lowest BCUT2D eigenvalue weighted by Crippen LogP contribution is -2.26. The van der Waals surface area contributed by atoms with Gasteiger partial charge in [0, 0.05) is 10.9 Å². The maximum absolute atomic E-state index is 12.2. The average Bonchev–Trinajstić information content (AvgIpc) is 3.00. The molecule has 0 saturated heterocycles. The monoisotopic (exact) mass is 389 g/mol. The van der Waals surface area contributed by atoms with E-state index in [4.69, 9.17) is 4.74 Å².